The highest BCUT2D eigenvalue weighted by atomic mass is 32.1. The number of H-pyrrole nitrogens is 1. The fourth-order valence-electron chi connectivity index (χ4n) is 4.93. The Morgan fingerprint density at radius 1 is 1.16 bits per heavy atom. The number of benzene rings is 2. The van der Waals surface area contributed by atoms with Crippen LogP contribution in [0.1, 0.15) is 34.5 Å². The predicted molar refractivity (Wildman–Crippen MR) is 150 cm³/mol. The van der Waals surface area contributed by atoms with Gasteiger partial charge in [0.05, 0.1) is 11.6 Å². The maximum atomic E-state index is 12.5. The molecule has 1 amide bonds. The van der Waals surface area contributed by atoms with Crippen LogP contribution in [0.5, 0.6) is 0 Å². The van der Waals surface area contributed by atoms with Gasteiger partial charge in [-0.2, -0.15) is 5.26 Å². The van der Waals surface area contributed by atoms with Crippen molar-refractivity contribution < 1.29 is 9.21 Å². The molecule has 0 aliphatic carbocycles. The third kappa shape index (κ3) is 5.31. The number of nitriles is 1. The molecule has 0 saturated carbocycles. The van der Waals surface area contributed by atoms with Crippen molar-refractivity contribution in [1.82, 2.24) is 14.8 Å². The molecular formula is C28H30N6O2S. The fraction of sp³-hybridized carbons (Fsp3) is 0.321. The molecule has 2 aromatic heterocycles. The highest BCUT2D eigenvalue weighted by Crippen LogP contribution is 2.27. The van der Waals surface area contributed by atoms with Crippen LogP contribution in [0.15, 0.2) is 53.1 Å². The Kier molecular flexibility index (Phi) is 7.12. The van der Waals surface area contributed by atoms with Gasteiger partial charge in [0.1, 0.15) is 5.58 Å². The van der Waals surface area contributed by atoms with Crippen LogP contribution in [0.2, 0.25) is 0 Å². The molecule has 2 aromatic carbocycles. The molecule has 5 rings (SSSR count). The number of nitrogens with one attached hydrogen (secondary N) is 1. The quantitative estimate of drug-likeness (QED) is 0.281. The smallest absolute Gasteiger partial charge is 0.295 e. The van der Waals surface area contributed by atoms with Crippen LogP contribution in [0.25, 0.3) is 21.9 Å². The number of unbranched alkanes of at least 4 members (excludes halogenated alkanes) is 1. The number of hydrogen-bond acceptors (Lipinski definition) is 6. The van der Waals surface area contributed by atoms with E-state index in [1.807, 2.05) is 30.3 Å². The second-order valence-electron chi connectivity index (χ2n) is 9.51. The minimum atomic E-state index is -0.351. The van der Waals surface area contributed by atoms with E-state index in [1.165, 1.54) is 17.5 Å². The first kappa shape index (κ1) is 24.8. The molecule has 1 fully saturated rings. The molecule has 3 N–H and O–H groups in total. The number of aryl methyl sites for hydroxylation is 1. The normalized spacial score (nSPS) is 14.2. The largest absolute Gasteiger partial charge is 0.451 e. The van der Waals surface area contributed by atoms with Gasteiger partial charge in [-0.3, -0.25) is 14.6 Å². The summed E-state index contributed by atoms with van der Waals surface area (Å²) < 4.78 is 5.73. The summed E-state index contributed by atoms with van der Waals surface area (Å²) in [6.45, 7) is 5.04. The number of piperazine rings is 1. The first-order valence-electron chi connectivity index (χ1n) is 12.5. The van der Waals surface area contributed by atoms with Gasteiger partial charge in [0.2, 0.25) is 0 Å². The van der Waals surface area contributed by atoms with E-state index >= 15 is 0 Å². The first-order chi connectivity index (χ1) is 17.9. The Hall–Kier alpha value is -3.87. The van der Waals surface area contributed by atoms with Crippen molar-refractivity contribution in [2.24, 2.45) is 5.73 Å². The van der Waals surface area contributed by atoms with Crippen LogP contribution >= 0.6 is 12.2 Å². The van der Waals surface area contributed by atoms with Crippen LogP contribution in [0, 0.1) is 11.3 Å². The van der Waals surface area contributed by atoms with Gasteiger partial charge in [-0.05, 0) is 86.1 Å². The van der Waals surface area contributed by atoms with Crippen molar-refractivity contribution in [3.05, 3.63) is 65.5 Å². The highest BCUT2D eigenvalue weighted by molar-refractivity contribution is 7.80. The number of thiocarbonyl (C=S) groups is 1. The van der Waals surface area contributed by atoms with E-state index < -0.39 is 0 Å². The topological polar surface area (TPSA) is 106 Å². The lowest BCUT2D eigenvalue weighted by Crippen LogP contribution is -2.46. The number of fused-ring (bicyclic) bond motifs is 2. The van der Waals surface area contributed by atoms with Crippen LogP contribution in [-0.4, -0.2) is 65.6 Å². The molecule has 0 spiro atoms. The van der Waals surface area contributed by atoms with Crippen molar-refractivity contribution in [2.45, 2.75) is 19.3 Å². The standard InChI is InChI=1S/C28H30N6O2S/c1-32(28(30)37)27(35)26-16-21-15-22(6-8-25(21)36-26)34-12-10-33(11-13-34)9-3-2-4-20-18-31-24-7-5-19(17-29)14-23(20)24/h5-8,14-16,18,31H,2-4,9-13H2,1H3,(H2,30,37). The van der Waals surface area contributed by atoms with Crippen molar-refractivity contribution in [2.75, 3.05) is 44.7 Å². The van der Waals surface area contributed by atoms with E-state index in [-0.39, 0.29) is 16.8 Å². The second kappa shape index (κ2) is 10.6. The zero-order valence-corrected chi connectivity index (χ0v) is 21.7. The number of nitrogens with two attached hydrogens (primary N) is 1. The van der Waals surface area contributed by atoms with E-state index in [9.17, 15) is 10.1 Å². The predicted octanol–water partition coefficient (Wildman–Crippen LogP) is 4.25. The Bertz CT molecular complexity index is 1490. The van der Waals surface area contributed by atoms with Gasteiger partial charge in [0.15, 0.2) is 10.9 Å². The fourth-order valence-corrected chi connectivity index (χ4v) is 5.02. The minimum absolute atomic E-state index is 0.0103. The third-order valence-electron chi connectivity index (χ3n) is 7.15. The summed E-state index contributed by atoms with van der Waals surface area (Å²) >= 11 is 4.89. The van der Waals surface area contributed by atoms with E-state index in [2.05, 4.69) is 33.1 Å². The number of furan rings is 1. The Labute approximate surface area is 221 Å². The lowest BCUT2D eigenvalue weighted by Gasteiger charge is -2.36. The van der Waals surface area contributed by atoms with Crippen LogP contribution in [0.4, 0.5) is 5.69 Å². The third-order valence-corrected chi connectivity index (χ3v) is 7.42. The van der Waals surface area contributed by atoms with Gasteiger partial charge >= 0.3 is 0 Å². The van der Waals surface area contributed by atoms with Gasteiger partial charge in [0, 0.05) is 61.4 Å². The average Bonchev–Trinajstić information content (AvgIpc) is 3.53. The monoisotopic (exact) mass is 514 g/mol. The number of nitrogens with zero attached hydrogens (tertiary/aromatic N) is 4. The number of amides is 1. The number of rotatable bonds is 7. The van der Waals surface area contributed by atoms with Gasteiger partial charge in [-0.1, -0.05) is 0 Å². The summed E-state index contributed by atoms with van der Waals surface area (Å²) in [7, 11) is 1.54. The van der Waals surface area contributed by atoms with Crippen molar-refractivity contribution in [3.8, 4) is 6.07 Å². The minimum Gasteiger partial charge on any atom is -0.451 e. The van der Waals surface area contributed by atoms with Crippen molar-refractivity contribution >= 4 is 50.8 Å². The molecule has 0 radical (unpaired) electrons. The molecule has 1 aliphatic rings. The van der Waals surface area contributed by atoms with E-state index in [4.69, 9.17) is 22.4 Å². The molecule has 1 saturated heterocycles. The summed E-state index contributed by atoms with van der Waals surface area (Å²) in [6, 6.07) is 15.8. The summed E-state index contributed by atoms with van der Waals surface area (Å²) in [6.07, 6.45) is 5.35. The average molecular weight is 515 g/mol. The van der Waals surface area contributed by atoms with Gasteiger partial charge in [-0.25, -0.2) is 0 Å². The number of hydrogen-bond donors (Lipinski definition) is 2. The SMILES string of the molecule is CN(C(=O)c1cc2cc(N3CCN(CCCCc4c[nH]c5ccc(C#N)cc45)CC3)ccc2o1)C(N)=S. The second-order valence-corrected chi connectivity index (χ2v) is 9.93. The van der Waals surface area contributed by atoms with Crippen LogP contribution in [0.3, 0.4) is 0 Å². The molecule has 0 unspecified atom stereocenters. The molecule has 0 bridgehead atoms. The maximum Gasteiger partial charge on any atom is 0.295 e. The summed E-state index contributed by atoms with van der Waals surface area (Å²) in [5.74, 6) is -0.124. The molecule has 4 aromatic rings. The lowest BCUT2D eigenvalue weighted by atomic mass is 10.1. The number of aromatic nitrogens is 1. The molecule has 8 nitrogen and oxygen atoms in total. The molecule has 3 heterocycles. The molecule has 0 atom stereocenters. The number of anilines is 1. The van der Waals surface area contributed by atoms with E-state index in [0.29, 0.717) is 11.1 Å². The molecule has 1 aliphatic heterocycles. The lowest BCUT2D eigenvalue weighted by molar-refractivity contribution is 0.0844. The Balaban J connectivity index is 1.11. The van der Waals surface area contributed by atoms with E-state index in [0.717, 1.165) is 74.0 Å². The maximum absolute atomic E-state index is 12.5. The van der Waals surface area contributed by atoms with Crippen LogP contribution < -0.4 is 10.6 Å². The van der Waals surface area contributed by atoms with Gasteiger partial charge < -0.3 is 20.0 Å². The van der Waals surface area contributed by atoms with Crippen molar-refractivity contribution in [1.29, 1.82) is 5.26 Å². The summed E-state index contributed by atoms with van der Waals surface area (Å²) in [5, 5.41) is 11.2. The van der Waals surface area contributed by atoms with Crippen LogP contribution in [-0.2, 0) is 6.42 Å². The first-order valence-corrected chi connectivity index (χ1v) is 12.9. The highest BCUT2D eigenvalue weighted by Gasteiger charge is 2.21. The summed E-state index contributed by atoms with van der Waals surface area (Å²) in [5.41, 5.74) is 10.4. The van der Waals surface area contributed by atoms with E-state index in [1.54, 1.807) is 6.07 Å². The number of carbonyl (C=O) groups excluding carboxylic acids is 1. The molecule has 9 heteroatoms. The summed E-state index contributed by atoms with van der Waals surface area (Å²) in [4.78, 5) is 21.9. The van der Waals surface area contributed by atoms with Gasteiger partial charge in [-0.15, -0.1) is 0 Å². The van der Waals surface area contributed by atoms with Gasteiger partial charge in [0.25, 0.3) is 5.91 Å². The zero-order chi connectivity index (χ0) is 25.9. The molecule has 190 valence electrons. The Morgan fingerprint density at radius 3 is 2.73 bits per heavy atom. The van der Waals surface area contributed by atoms with Crippen molar-refractivity contribution in [3.63, 3.8) is 0 Å². The zero-order valence-electron chi connectivity index (χ0n) is 20.9. The molecular weight excluding hydrogens is 484 g/mol. The number of carbonyl (C=O) groups is 1. The Morgan fingerprint density at radius 2 is 1.97 bits per heavy atom. The molecule has 37 heavy (non-hydrogen) atoms. The number of aromatic amines is 1.